The van der Waals surface area contributed by atoms with Gasteiger partial charge in [-0.15, -0.1) is 0 Å². The van der Waals surface area contributed by atoms with Gasteiger partial charge in [0.05, 0.1) is 12.0 Å². The van der Waals surface area contributed by atoms with Crippen molar-refractivity contribution in [2.24, 2.45) is 5.41 Å². The first-order valence-electron chi connectivity index (χ1n) is 7.69. The van der Waals surface area contributed by atoms with E-state index >= 15 is 0 Å². The van der Waals surface area contributed by atoms with Gasteiger partial charge < -0.3 is 10.1 Å². The van der Waals surface area contributed by atoms with E-state index in [9.17, 15) is 4.79 Å². The number of rotatable bonds is 4. The number of carbonyl (C=O) groups excluding carboxylic acids is 1. The Labute approximate surface area is 120 Å². The number of ether oxygens (including phenoxy) is 1. The fraction of sp³-hybridized carbons (Fsp3) is 0.588. The summed E-state index contributed by atoms with van der Waals surface area (Å²) in [7, 11) is 0. The molecule has 0 heterocycles. The average molecular weight is 273 g/mol. The lowest BCUT2D eigenvalue weighted by Crippen LogP contribution is -2.43. The standard InChI is InChI=1S/C17H23NO2/c1-2-20-15(19)16-9-6-10-17(13-16,12-11-16)18-14-7-4-3-5-8-14/h3-5,7-8,18H,2,6,9-13H2,1H3. The highest BCUT2D eigenvalue weighted by Crippen LogP contribution is 2.55. The van der Waals surface area contributed by atoms with Crippen LogP contribution >= 0.6 is 0 Å². The Hall–Kier alpha value is -1.51. The largest absolute Gasteiger partial charge is 0.466 e. The van der Waals surface area contributed by atoms with Crippen LogP contribution in [0.25, 0.3) is 0 Å². The van der Waals surface area contributed by atoms with Crippen molar-refractivity contribution in [1.29, 1.82) is 0 Å². The number of para-hydroxylation sites is 1. The molecule has 2 aliphatic carbocycles. The van der Waals surface area contributed by atoms with E-state index in [1.807, 2.05) is 13.0 Å². The Balaban J connectivity index is 1.78. The molecule has 1 aromatic rings. The summed E-state index contributed by atoms with van der Waals surface area (Å²) in [5, 5.41) is 3.70. The number of nitrogens with one attached hydrogen (secondary N) is 1. The van der Waals surface area contributed by atoms with E-state index in [0.717, 1.165) is 44.2 Å². The van der Waals surface area contributed by atoms with Crippen LogP contribution in [-0.2, 0) is 9.53 Å². The molecule has 0 aromatic heterocycles. The number of anilines is 1. The third kappa shape index (κ3) is 2.30. The van der Waals surface area contributed by atoms with E-state index in [1.54, 1.807) is 0 Å². The minimum Gasteiger partial charge on any atom is -0.466 e. The maximum absolute atomic E-state index is 12.3. The van der Waals surface area contributed by atoms with Crippen LogP contribution < -0.4 is 5.32 Å². The maximum Gasteiger partial charge on any atom is 0.312 e. The van der Waals surface area contributed by atoms with Crippen LogP contribution in [-0.4, -0.2) is 18.1 Å². The summed E-state index contributed by atoms with van der Waals surface area (Å²) >= 11 is 0. The molecule has 0 saturated heterocycles. The molecule has 0 amide bonds. The lowest BCUT2D eigenvalue weighted by molar-refractivity contribution is -0.156. The zero-order chi connectivity index (χ0) is 14.1. The van der Waals surface area contributed by atoms with Gasteiger partial charge in [-0.05, 0) is 57.6 Å². The summed E-state index contributed by atoms with van der Waals surface area (Å²) in [4.78, 5) is 12.3. The smallest absolute Gasteiger partial charge is 0.312 e. The third-order valence-electron chi connectivity index (χ3n) is 4.96. The molecule has 2 fully saturated rings. The molecule has 1 N–H and O–H groups in total. The summed E-state index contributed by atoms with van der Waals surface area (Å²) in [5.74, 6) is 0.0245. The van der Waals surface area contributed by atoms with E-state index in [2.05, 4.69) is 29.6 Å². The van der Waals surface area contributed by atoms with E-state index in [4.69, 9.17) is 4.74 Å². The molecule has 0 radical (unpaired) electrons. The highest BCUT2D eigenvalue weighted by molar-refractivity contribution is 5.78. The van der Waals surface area contributed by atoms with Crippen molar-refractivity contribution in [3.8, 4) is 0 Å². The topological polar surface area (TPSA) is 38.3 Å². The van der Waals surface area contributed by atoms with Gasteiger partial charge >= 0.3 is 5.97 Å². The van der Waals surface area contributed by atoms with Crippen molar-refractivity contribution in [1.82, 2.24) is 0 Å². The fourth-order valence-corrected chi connectivity index (χ4v) is 4.05. The van der Waals surface area contributed by atoms with Gasteiger partial charge in [0.1, 0.15) is 0 Å². The van der Waals surface area contributed by atoms with Crippen LogP contribution in [0.3, 0.4) is 0 Å². The van der Waals surface area contributed by atoms with Gasteiger partial charge in [0.2, 0.25) is 0 Å². The molecule has 3 nitrogen and oxygen atoms in total. The molecular formula is C17H23NO2. The SMILES string of the molecule is CCOC(=O)C12CCCC(Nc3ccccc3)(CC1)C2. The summed E-state index contributed by atoms with van der Waals surface area (Å²) in [6, 6.07) is 10.3. The zero-order valence-corrected chi connectivity index (χ0v) is 12.2. The molecule has 20 heavy (non-hydrogen) atoms. The molecule has 2 bridgehead atoms. The van der Waals surface area contributed by atoms with Gasteiger partial charge in [-0.2, -0.15) is 0 Å². The van der Waals surface area contributed by atoms with Crippen LogP contribution in [0.5, 0.6) is 0 Å². The molecule has 108 valence electrons. The minimum absolute atomic E-state index is 0.0245. The lowest BCUT2D eigenvalue weighted by atomic mass is 9.73. The van der Waals surface area contributed by atoms with Crippen molar-refractivity contribution in [2.45, 2.75) is 51.0 Å². The second kappa shape index (κ2) is 5.12. The molecule has 1 aromatic carbocycles. The van der Waals surface area contributed by atoms with Crippen LogP contribution in [0.15, 0.2) is 30.3 Å². The third-order valence-corrected chi connectivity index (χ3v) is 4.96. The number of hydrogen-bond acceptors (Lipinski definition) is 3. The average Bonchev–Trinajstić information content (AvgIpc) is 2.72. The van der Waals surface area contributed by atoms with Gasteiger partial charge in [-0.25, -0.2) is 0 Å². The molecule has 3 heteroatoms. The van der Waals surface area contributed by atoms with Crippen molar-refractivity contribution in [3.63, 3.8) is 0 Å². The molecule has 0 spiro atoms. The zero-order valence-electron chi connectivity index (χ0n) is 12.2. The Morgan fingerprint density at radius 2 is 2.00 bits per heavy atom. The number of carbonyl (C=O) groups is 1. The number of hydrogen-bond donors (Lipinski definition) is 1. The number of fused-ring (bicyclic) bond motifs is 2. The summed E-state index contributed by atoms with van der Waals surface area (Å²) in [6.45, 7) is 2.38. The molecule has 2 saturated carbocycles. The molecule has 2 aliphatic rings. The Morgan fingerprint density at radius 3 is 2.75 bits per heavy atom. The van der Waals surface area contributed by atoms with E-state index in [0.29, 0.717) is 6.61 Å². The van der Waals surface area contributed by atoms with Crippen LogP contribution in [0.4, 0.5) is 5.69 Å². The molecule has 0 aliphatic heterocycles. The molecule has 2 unspecified atom stereocenters. The van der Waals surface area contributed by atoms with E-state index < -0.39 is 0 Å². The van der Waals surface area contributed by atoms with Crippen molar-refractivity contribution in [2.75, 3.05) is 11.9 Å². The predicted octanol–water partition coefficient (Wildman–Crippen LogP) is 3.75. The lowest BCUT2D eigenvalue weighted by Gasteiger charge is -2.39. The van der Waals surface area contributed by atoms with Crippen LogP contribution in [0, 0.1) is 5.41 Å². The van der Waals surface area contributed by atoms with Gasteiger partial charge in [0.15, 0.2) is 0 Å². The van der Waals surface area contributed by atoms with Gasteiger partial charge in [-0.1, -0.05) is 18.2 Å². The van der Waals surface area contributed by atoms with Gasteiger partial charge in [0, 0.05) is 11.2 Å². The first-order chi connectivity index (χ1) is 9.68. The predicted molar refractivity (Wildman–Crippen MR) is 79.6 cm³/mol. The Bertz CT molecular complexity index is 487. The van der Waals surface area contributed by atoms with Crippen LogP contribution in [0.2, 0.25) is 0 Å². The van der Waals surface area contributed by atoms with Gasteiger partial charge in [0.25, 0.3) is 0 Å². The quantitative estimate of drug-likeness (QED) is 0.849. The minimum atomic E-state index is -0.226. The van der Waals surface area contributed by atoms with Crippen LogP contribution in [0.1, 0.15) is 45.4 Å². The summed E-state index contributed by atoms with van der Waals surface area (Å²) in [6.07, 6.45) is 6.21. The van der Waals surface area contributed by atoms with Crippen molar-refractivity contribution in [3.05, 3.63) is 30.3 Å². The molecule has 3 rings (SSSR count). The monoisotopic (exact) mass is 273 g/mol. The fourth-order valence-electron chi connectivity index (χ4n) is 4.05. The van der Waals surface area contributed by atoms with E-state index in [-0.39, 0.29) is 16.9 Å². The molecular weight excluding hydrogens is 250 g/mol. The number of esters is 1. The normalized spacial score (nSPS) is 31.9. The maximum atomic E-state index is 12.3. The summed E-state index contributed by atoms with van der Waals surface area (Å²) < 4.78 is 5.33. The number of benzene rings is 1. The second-order valence-corrected chi connectivity index (χ2v) is 6.30. The highest BCUT2D eigenvalue weighted by Gasteiger charge is 2.55. The Kier molecular flexibility index (Phi) is 3.45. The van der Waals surface area contributed by atoms with Crippen molar-refractivity contribution >= 4 is 11.7 Å². The highest BCUT2D eigenvalue weighted by atomic mass is 16.5. The first-order valence-corrected chi connectivity index (χ1v) is 7.69. The van der Waals surface area contributed by atoms with E-state index in [1.165, 1.54) is 0 Å². The molecule has 2 atom stereocenters. The second-order valence-electron chi connectivity index (χ2n) is 6.30. The van der Waals surface area contributed by atoms with Gasteiger partial charge in [-0.3, -0.25) is 4.79 Å². The Morgan fingerprint density at radius 1 is 1.20 bits per heavy atom. The van der Waals surface area contributed by atoms with Crippen molar-refractivity contribution < 1.29 is 9.53 Å². The summed E-state index contributed by atoms with van der Waals surface area (Å²) in [5.41, 5.74) is 1.02. The first kappa shape index (κ1) is 13.5.